The van der Waals surface area contributed by atoms with Crippen LogP contribution in [0.4, 0.5) is 0 Å². The first-order valence-corrected chi connectivity index (χ1v) is 30.4. The van der Waals surface area contributed by atoms with Gasteiger partial charge in [-0.05, 0) is 128 Å². The maximum absolute atomic E-state index is 12.9. The fourth-order valence-corrected chi connectivity index (χ4v) is 8.18. The Labute approximate surface area is 450 Å². The maximum atomic E-state index is 12.9. The molecular weight excluding hydrogens is 901 g/mol. The number of hydrogen-bond donors (Lipinski definition) is 0. The lowest BCUT2D eigenvalue weighted by Crippen LogP contribution is -2.30. The fraction of sp³-hybridized carbons (Fsp3) is 0.687. The zero-order valence-electron chi connectivity index (χ0n) is 47.6. The molecule has 0 saturated heterocycles. The van der Waals surface area contributed by atoms with Crippen molar-refractivity contribution in [1.29, 1.82) is 0 Å². The molecule has 0 radical (unpaired) electrons. The molecule has 0 aromatic heterocycles. The van der Waals surface area contributed by atoms with Crippen LogP contribution in [0, 0.1) is 0 Å². The monoisotopic (exact) mass is 1010 g/mol. The van der Waals surface area contributed by atoms with Crippen molar-refractivity contribution in [2.24, 2.45) is 0 Å². The lowest BCUT2D eigenvalue weighted by molar-refractivity contribution is -0.167. The third kappa shape index (κ3) is 58.8. The molecule has 0 aliphatic carbocycles. The minimum absolute atomic E-state index is 0.0971. The van der Waals surface area contributed by atoms with Crippen LogP contribution in [0.15, 0.2) is 109 Å². The van der Waals surface area contributed by atoms with E-state index in [2.05, 4.69) is 130 Å². The van der Waals surface area contributed by atoms with E-state index < -0.39 is 6.10 Å². The molecule has 0 rings (SSSR count). The summed E-state index contributed by atoms with van der Waals surface area (Å²) >= 11 is 0. The number of hydrogen-bond acceptors (Lipinski definition) is 6. The van der Waals surface area contributed by atoms with Crippen LogP contribution >= 0.6 is 0 Å². The molecule has 0 fully saturated rings. The van der Waals surface area contributed by atoms with Crippen molar-refractivity contribution >= 4 is 17.9 Å². The molecule has 0 aliphatic heterocycles. The summed E-state index contributed by atoms with van der Waals surface area (Å²) in [6, 6.07) is 0. The molecule has 0 aliphatic rings. The summed E-state index contributed by atoms with van der Waals surface area (Å²) in [6.07, 6.45) is 82.2. The predicted molar refractivity (Wildman–Crippen MR) is 316 cm³/mol. The first-order chi connectivity index (χ1) is 36.0. The summed E-state index contributed by atoms with van der Waals surface area (Å²) in [5.74, 6) is -0.944. The number of carbonyl (C=O) groups excluding carboxylic acids is 3. The van der Waals surface area contributed by atoms with Crippen molar-refractivity contribution in [3.63, 3.8) is 0 Å². The largest absolute Gasteiger partial charge is 0.462 e. The summed E-state index contributed by atoms with van der Waals surface area (Å²) in [4.78, 5) is 38.2. The minimum atomic E-state index is -0.802. The van der Waals surface area contributed by atoms with Gasteiger partial charge in [0.2, 0.25) is 0 Å². The second-order valence-electron chi connectivity index (χ2n) is 19.9. The smallest absolute Gasteiger partial charge is 0.306 e. The van der Waals surface area contributed by atoms with E-state index in [-0.39, 0.29) is 31.1 Å². The van der Waals surface area contributed by atoms with Gasteiger partial charge in [-0.1, -0.05) is 239 Å². The van der Waals surface area contributed by atoms with Crippen molar-refractivity contribution in [2.75, 3.05) is 13.2 Å². The van der Waals surface area contributed by atoms with E-state index in [0.29, 0.717) is 19.3 Å². The van der Waals surface area contributed by atoms with Gasteiger partial charge in [-0.15, -0.1) is 0 Å². The van der Waals surface area contributed by atoms with E-state index in [9.17, 15) is 14.4 Å². The SMILES string of the molecule is CC/C=C\C/C=C\C/C=C\C/C=C\C/C=C\C/C=C\C/C=C\CCCCCC(=O)OCC(COC(=O)CCCCCCC/C=C\CCCCCCC)OC(=O)CCCCCCC/C=C\CCCCCCCCC. The molecule has 416 valence electrons. The standard InChI is InChI=1S/C67H112O6/c1-4-7-10-13-16-19-22-25-28-30-31-32-33-34-35-36-37-38-40-42-45-48-51-54-57-60-66(69)72-63-64(62-71-65(68)59-56-53-50-47-44-41-27-24-21-18-15-12-9-6-3)73-67(70)61-58-55-52-49-46-43-39-29-26-23-20-17-14-11-8-5-2/h7,10,16,19,24-25,27-29,31-32,34-35,37-39,42,45,64H,4-6,8-9,11-15,17-18,20-23,26,30,33,36,40-41,43-44,46-63H2,1-3H3/b10-7-,19-16-,27-24-,28-25-,32-31-,35-34-,38-37-,39-29-,45-42-. The third-order valence-electron chi connectivity index (χ3n) is 12.7. The van der Waals surface area contributed by atoms with E-state index in [1.807, 2.05) is 0 Å². The molecule has 0 saturated carbocycles. The second kappa shape index (κ2) is 60.6. The van der Waals surface area contributed by atoms with Crippen molar-refractivity contribution < 1.29 is 28.6 Å². The highest BCUT2D eigenvalue weighted by atomic mass is 16.6. The van der Waals surface area contributed by atoms with Gasteiger partial charge in [0.25, 0.3) is 0 Å². The topological polar surface area (TPSA) is 78.9 Å². The third-order valence-corrected chi connectivity index (χ3v) is 12.7. The zero-order chi connectivity index (χ0) is 52.9. The number of ether oxygens (including phenoxy) is 3. The van der Waals surface area contributed by atoms with Crippen LogP contribution in [-0.4, -0.2) is 37.2 Å². The molecule has 0 aromatic carbocycles. The molecule has 0 amide bonds. The highest BCUT2D eigenvalue weighted by Gasteiger charge is 2.19. The van der Waals surface area contributed by atoms with Gasteiger partial charge < -0.3 is 14.2 Å². The van der Waals surface area contributed by atoms with Gasteiger partial charge >= 0.3 is 17.9 Å². The Hall–Kier alpha value is -3.93. The first kappa shape index (κ1) is 69.1. The van der Waals surface area contributed by atoms with Gasteiger partial charge in [0.05, 0.1) is 0 Å². The van der Waals surface area contributed by atoms with E-state index in [0.717, 1.165) is 128 Å². The highest BCUT2D eigenvalue weighted by Crippen LogP contribution is 2.14. The van der Waals surface area contributed by atoms with Gasteiger partial charge in [-0.3, -0.25) is 14.4 Å². The quantitative estimate of drug-likeness (QED) is 0.0261. The first-order valence-electron chi connectivity index (χ1n) is 30.4. The highest BCUT2D eigenvalue weighted by molar-refractivity contribution is 5.71. The number of rotatable bonds is 54. The van der Waals surface area contributed by atoms with Crippen LogP contribution in [0.3, 0.4) is 0 Å². The Bertz CT molecular complexity index is 1490. The molecule has 0 heterocycles. The fourth-order valence-electron chi connectivity index (χ4n) is 8.18. The number of allylic oxidation sites excluding steroid dienone is 18. The van der Waals surface area contributed by atoms with Gasteiger partial charge in [-0.25, -0.2) is 0 Å². The summed E-state index contributed by atoms with van der Waals surface area (Å²) < 4.78 is 16.9. The molecule has 0 N–H and O–H groups in total. The van der Waals surface area contributed by atoms with E-state index >= 15 is 0 Å². The number of carbonyl (C=O) groups is 3. The van der Waals surface area contributed by atoms with E-state index in [4.69, 9.17) is 14.2 Å². The van der Waals surface area contributed by atoms with E-state index in [1.165, 1.54) is 109 Å². The summed E-state index contributed by atoms with van der Waals surface area (Å²) in [5, 5.41) is 0. The van der Waals surface area contributed by atoms with Crippen molar-refractivity contribution in [3.05, 3.63) is 109 Å². The molecule has 0 aromatic rings. The maximum Gasteiger partial charge on any atom is 0.306 e. The lowest BCUT2D eigenvalue weighted by Gasteiger charge is -2.18. The Morgan fingerprint density at radius 2 is 0.534 bits per heavy atom. The number of unbranched alkanes of at least 4 members (excludes halogenated alkanes) is 25. The second-order valence-corrected chi connectivity index (χ2v) is 19.9. The summed E-state index contributed by atoms with van der Waals surface area (Å²) in [6.45, 7) is 6.48. The molecule has 0 bridgehead atoms. The Balaban J connectivity index is 4.45. The van der Waals surface area contributed by atoms with Gasteiger partial charge in [0.1, 0.15) is 13.2 Å². The lowest BCUT2D eigenvalue weighted by atomic mass is 10.1. The molecule has 73 heavy (non-hydrogen) atoms. The molecule has 6 nitrogen and oxygen atoms in total. The summed E-state index contributed by atoms with van der Waals surface area (Å²) in [5.41, 5.74) is 0. The molecule has 0 spiro atoms. The molecule has 1 atom stereocenters. The molecule has 6 heteroatoms. The molecular formula is C67H112O6. The van der Waals surface area contributed by atoms with Crippen LogP contribution in [0.1, 0.15) is 278 Å². The van der Waals surface area contributed by atoms with Crippen LogP contribution in [-0.2, 0) is 28.6 Å². The zero-order valence-corrected chi connectivity index (χ0v) is 47.6. The van der Waals surface area contributed by atoms with Crippen LogP contribution < -0.4 is 0 Å². The Morgan fingerprint density at radius 1 is 0.288 bits per heavy atom. The molecule has 1 unspecified atom stereocenters. The van der Waals surface area contributed by atoms with E-state index in [1.54, 1.807) is 0 Å². The predicted octanol–water partition coefficient (Wildman–Crippen LogP) is 20.7. The van der Waals surface area contributed by atoms with Crippen LogP contribution in [0.25, 0.3) is 0 Å². The minimum Gasteiger partial charge on any atom is -0.462 e. The van der Waals surface area contributed by atoms with Crippen molar-refractivity contribution in [3.8, 4) is 0 Å². The van der Waals surface area contributed by atoms with Crippen molar-refractivity contribution in [1.82, 2.24) is 0 Å². The average molecular weight is 1010 g/mol. The number of esters is 3. The van der Waals surface area contributed by atoms with Gasteiger partial charge in [0.15, 0.2) is 6.10 Å². The average Bonchev–Trinajstić information content (AvgIpc) is 3.39. The Morgan fingerprint density at radius 3 is 0.863 bits per heavy atom. The van der Waals surface area contributed by atoms with Gasteiger partial charge in [0, 0.05) is 19.3 Å². The van der Waals surface area contributed by atoms with Crippen LogP contribution in [0.2, 0.25) is 0 Å². The van der Waals surface area contributed by atoms with Gasteiger partial charge in [-0.2, -0.15) is 0 Å². The van der Waals surface area contributed by atoms with Crippen LogP contribution in [0.5, 0.6) is 0 Å². The van der Waals surface area contributed by atoms with Crippen molar-refractivity contribution in [2.45, 2.75) is 284 Å². The normalized spacial score (nSPS) is 12.9. The Kier molecular flexibility index (Phi) is 57.4. The summed E-state index contributed by atoms with van der Waals surface area (Å²) in [7, 11) is 0.